The van der Waals surface area contributed by atoms with E-state index >= 15 is 0 Å². The van der Waals surface area contributed by atoms with Crippen molar-refractivity contribution in [2.75, 3.05) is 40.3 Å². The lowest BCUT2D eigenvalue weighted by atomic mass is 10.2. The van der Waals surface area contributed by atoms with Crippen LogP contribution in [0.3, 0.4) is 0 Å². The van der Waals surface area contributed by atoms with Gasteiger partial charge in [-0.3, -0.25) is 4.90 Å². The number of hydrogen-bond donors (Lipinski definition) is 1. The van der Waals surface area contributed by atoms with E-state index < -0.39 is 0 Å². The Morgan fingerprint density at radius 1 is 1.40 bits per heavy atom. The fraction of sp³-hybridized carbons (Fsp3) is 1.00. The molecule has 15 heavy (non-hydrogen) atoms. The van der Waals surface area contributed by atoms with E-state index in [1.165, 1.54) is 25.9 Å². The summed E-state index contributed by atoms with van der Waals surface area (Å²) in [6.45, 7) is 9.34. The standard InChI is InChI=1S/C12H27N3/c1-5-15(11(2)9-14(3)4)10-12-7-6-8-13-12/h11-13H,5-10H2,1-4H3/t11?,12-/m0/s1. The molecule has 2 atom stereocenters. The smallest absolute Gasteiger partial charge is 0.0195 e. The van der Waals surface area contributed by atoms with E-state index in [1.807, 2.05) is 0 Å². The van der Waals surface area contributed by atoms with Crippen molar-refractivity contribution in [1.82, 2.24) is 15.1 Å². The van der Waals surface area contributed by atoms with Gasteiger partial charge in [0.05, 0.1) is 0 Å². The largest absolute Gasteiger partial charge is 0.313 e. The van der Waals surface area contributed by atoms with E-state index in [1.54, 1.807) is 0 Å². The summed E-state index contributed by atoms with van der Waals surface area (Å²) in [7, 11) is 4.30. The Hall–Kier alpha value is -0.120. The van der Waals surface area contributed by atoms with E-state index in [0.29, 0.717) is 6.04 Å². The summed E-state index contributed by atoms with van der Waals surface area (Å²) in [5, 5.41) is 3.57. The maximum absolute atomic E-state index is 3.57. The van der Waals surface area contributed by atoms with Crippen LogP contribution in [0.4, 0.5) is 0 Å². The number of nitrogens with zero attached hydrogens (tertiary/aromatic N) is 2. The fourth-order valence-electron chi connectivity index (χ4n) is 2.46. The van der Waals surface area contributed by atoms with Crippen LogP contribution in [0.1, 0.15) is 26.7 Å². The molecule has 1 fully saturated rings. The first-order chi connectivity index (χ1) is 7.13. The van der Waals surface area contributed by atoms with E-state index in [9.17, 15) is 0 Å². The third kappa shape index (κ3) is 4.49. The van der Waals surface area contributed by atoms with Crippen LogP contribution < -0.4 is 5.32 Å². The van der Waals surface area contributed by atoms with E-state index in [-0.39, 0.29) is 0 Å². The molecular weight excluding hydrogens is 186 g/mol. The van der Waals surface area contributed by atoms with Gasteiger partial charge in [-0.2, -0.15) is 0 Å². The topological polar surface area (TPSA) is 18.5 Å². The Morgan fingerprint density at radius 3 is 2.60 bits per heavy atom. The average molecular weight is 213 g/mol. The van der Waals surface area contributed by atoms with Crippen LogP contribution in [0, 0.1) is 0 Å². The molecule has 1 N–H and O–H groups in total. The molecule has 1 saturated heterocycles. The second kappa shape index (κ2) is 6.46. The third-order valence-corrected chi connectivity index (χ3v) is 3.28. The van der Waals surface area contributed by atoms with E-state index in [2.05, 4.69) is 43.1 Å². The Kier molecular flexibility index (Phi) is 5.58. The molecular formula is C12H27N3. The van der Waals surface area contributed by atoms with Gasteiger partial charge in [-0.15, -0.1) is 0 Å². The van der Waals surface area contributed by atoms with Gasteiger partial charge in [-0.05, 0) is 47.0 Å². The summed E-state index contributed by atoms with van der Waals surface area (Å²) in [5.74, 6) is 0. The molecule has 3 nitrogen and oxygen atoms in total. The van der Waals surface area contributed by atoms with Crippen LogP contribution in [0.15, 0.2) is 0 Å². The first kappa shape index (κ1) is 12.9. The number of hydrogen-bond acceptors (Lipinski definition) is 3. The van der Waals surface area contributed by atoms with Crippen molar-refractivity contribution >= 4 is 0 Å². The van der Waals surface area contributed by atoms with Crippen LogP contribution in [0.5, 0.6) is 0 Å². The minimum absolute atomic E-state index is 0.660. The molecule has 1 unspecified atom stereocenters. The Morgan fingerprint density at radius 2 is 2.13 bits per heavy atom. The van der Waals surface area contributed by atoms with Crippen molar-refractivity contribution in [1.29, 1.82) is 0 Å². The molecule has 0 spiro atoms. The zero-order valence-electron chi connectivity index (χ0n) is 10.8. The van der Waals surface area contributed by atoms with Crippen LogP contribution in [0.25, 0.3) is 0 Å². The predicted octanol–water partition coefficient (Wildman–Crippen LogP) is 1.01. The molecule has 0 aromatic heterocycles. The van der Waals surface area contributed by atoms with Crippen molar-refractivity contribution in [2.24, 2.45) is 0 Å². The minimum Gasteiger partial charge on any atom is -0.313 e. The fourth-order valence-corrected chi connectivity index (χ4v) is 2.46. The molecule has 1 aliphatic rings. The number of nitrogens with one attached hydrogen (secondary N) is 1. The highest BCUT2D eigenvalue weighted by Gasteiger charge is 2.20. The molecule has 0 bridgehead atoms. The van der Waals surface area contributed by atoms with Gasteiger partial charge < -0.3 is 10.2 Å². The van der Waals surface area contributed by atoms with Crippen LogP contribution in [0.2, 0.25) is 0 Å². The maximum Gasteiger partial charge on any atom is 0.0195 e. The zero-order valence-corrected chi connectivity index (χ0v) is 10.8. The lowest BCUT2D eigenvalue weighted by Gasteiger charge is -2.32. The van der Waals surface area contributed by atoms with Crippen molar-refractivity contribution < 1.29 is 0 Å². The van der Waals surface area contributed by atoms with Crippen molar-refractivity contribution in [3.8, 4) is 0 Å². The minimum atomic E-state index is 0.660. The zero-order chi connectivity index (χ0) is 11.3. The lowest BCUT2D eigenvalue weighted by Crippen LogP contribution is -2.45. The van der Waals surface area contributed by atoms with Gasteiger partial charge in [0.1, 0.15) is 0 Å². The number of likely N-dealkylation sites (N-methyl/N-ethyl adjacent to an activating group) is 2. The van der Waals surface area contributed by atoms with Gasteiger partial charge in [0, 0.05) is 25.2 Å². The predicted molar refractivity (Wildman–Crippen MR) is 66.3 cm³/mol. The molecule has 0 radical (unpaired) electrons. The molecule has 1 aliphatic heterocycles. The van der Waals surface area contributed by atoms with Crippen molar-refractivity contribution in [3.63, 3.8) is 0 Å². The third-order valence-electron chi connectivity index (χ3n) is 3.28. The molecule has 1 heterocycles. The van der Waals surface area contributed by atoms with Crippen LogP contribution in [-0.2, 0) is 0 Å². The highest BCUT2D eigenvalue weighted by atomic mass is 15.2. The SMILES string of the molecule is CCN(C[C@@H]1CCCN1)C(C)CN(C)C. The summed E-state index contributed by atoms with van der Waals surface area (Å²) in [4.78, 5) is 4.86. The Bertz CT molecular complexity index is 164. The normalized spacial score (nSPS) is 24.0. The van der Waals surface area contributed by atoms with Gasteiger partial charge in [0.15, 0.2) is 0 Å². The molecule has 0 aromatic rings. The quantitative estimate of drug-likeness (QED) is 0.710. The summed E-state index contributed by atoms with van der Waals surface area (Å²) in [6.07, 6.45) is 2.70. The highest BCUT2D eigenvalue weighted by Crippen LogP contribution is 2.09. The molecule has 0 aromatic carbocycles. The van der Waals surface area contributed by atoms with E-state index in [0.717, 1.165) is 19.1 Å². The Labute approximate surface area is 94.8 Å². The van der Waals surface area contributed by atoms with Crippen LogP contribution in [-0.4, -0.2) is 62.2 Å². The van der Waals surface area contributed by atoms with Gasteiger partial charge in [0.25, 0.3) is 0 Å². The summed E-state index contributed by atoms with van der Waals surface area (Å²) >= 11 is 0. The molecule has 3 heteroatoms. The summed E-state index contributed by atoms with van der Waals surface area (Å²) in [5.41, 5.74) is 0. The molecule has 90 valence electrons. The lowest BCUT2D eigenvalue weighted by molar-refractivity contribution is 0.168. The average Bonchev–Trinajstić information content (AvgIpc) is 2.65. The first-order valence-electron chi connectivity index (χ1n) is 6.25. The molecule has 0 amide bonds. The number of rotatable bonds is 6. The molecule has 1 rings (SSSR count). The van der Waals surface area contributed by atoms with Crippen molar-refractivity contribution in [3.05, 3.63) is 0 Å². The summed E-state index contributed by atoms with van der Waals surface area (Å²) in [6, 6.07) is 1.39. The van der Waals surface area contributed by atoms with Gasteiger partial charge in [-0.25, -0.2) is 0 Å². The van der Waals surface area contributed by atoms with Crippen molar-refractivity contribution in [2.45, 2.75) is 38.8 Å². The first-order valence-corrected chi connectivity index (χ1v) is 6.25. The second-order valence-corrected chi connectivity index (χ2v) is 4.99. The maximum atomic E-state index is 3.57. The second-order valence-electron chi connectivity index (χ2n) is 4.99. The monoisotopic (exact) mass is 213 g/mol. The van der Waals surface area contributed by atoms with Crippen LogP contribution >= 0.6 is 0 Å². The molecule has 0 saturated carbocycles. The highest BCUT2D eigenvalue weighted by molar-refractivity contribution is 4.80. The van der Waals surface area contributed by atoms with Gasteiger partial charge in [0.2, 0.25) is 0 Å². The Balaban J connectivity index is 2.32. The molecule has 0 aliphatic carbocycles. The summed E-state index contributed by atoms with van der Waals surface area (Å²) < 4.78 is 0. The van der Waals surface area contributed by atoms with E-state index in [4.69, 9.17) is 0 Å². The van der Waals surface area contributed by atoms with Gasteiger partial charge >= 0.3 is 0 Å². The van der Waals surface area contributed by atoms with Gasteiger partial charge in [-0.1, -0.05) is 6.92 Å².